The number of nitrogens with zero attached hydrogens (tertiary/aromatic N) is 1. The molecule has 8 heteroatoms. The number of rotatable bonds is 12. The average molecular weight is 545 g/mol. The second-order valence-electron chi connectivity index (χ2n) is 8.98. The van der Waals surface area contributed by atoms with Crippen LogP contribution in [-0.2, 0) is 23.0 Å². The summed E-state index contributed by atoms with van der Waals surface area (Å²) in [6, 6.07) is 31.0. The average Bonchev–Trinajstić information content (AvgIpc) is 2.95. The number of hydrogen-bond acceptors (Lipinski definition) is 5. The first kappa shape index (κ1) is 27.7. The van der Waals surface area contributed by atoms with Crippen molar-refractivity contribution >= 4 is 21.6 Å². The van der Waals surface area contributed by atoms with E-state index in [1.807, 2.05) is 54.6 Å². The minimum Gasteiger partial charge on any atom is -0.492 e. The number of nitrogens with one attached hydrogen (secondary N) is 1. The van der Waals surface area contributed by atoms with Gasteiger partial charge < -0.3 is 14.8 Å². The van der Waals surface area contributed by atoms with Gasteiger partial charge in [0.1, 0.15) is 23.9 Å². The highest BCUT2D eigenvalue weighted by Crippen LogP contribution is 2.26. The highest BCUT2D eigenvalue weighted by atomic mass is 32.2. The van der Waals surface area contributed by atoms with Crippen LogP contribution in [0.3, 0.4) is 0 Å². The summed E-state index contributed by atoms with van der Waals surface area (Å²) in [5, 5.41) is 2.84. The van der Waals surface area contributed by atoms with Crippen LogP contribution in [0.25, 0.3) is 0 Å². The van der Waals surface area contributed by atoms with Gasteiger partial charge in [0, 0.05) is 5.56 Å². The zero-order valence-electron chi connectivity index (χ0n) is 22.0. The topological polar surface area (TPSA) is 84.9 Å². The Balaban J connectivity index is 1.32. The van der Waals surface area contributed by atoms with Crippen molar-refractivity contribution in [1.82, 2.24) is 5.32 Å². The van der Waals surface area contributed by atoms with E-state index in [4.69, 9.17) is 9.47 Å². The van der Waals surface area contributed by atoms with Crippen LogP contribution in [0.4, 0.5) is 5.69 Å². The van der Waals surface area contributed by atoms with E-state index in [-0.39, 0.29) is 12.5 Å². The van der Waals surface area contributed by atoms with E-state index < -0.39 is 10.0 Å². The summed E-state index contributed by atoms with van der Waals surface area (Å²) in [6.07, 6.45) is 2.14. The molecule has 0 unspecified atom stereocenters. The molecule has 0 saturated heterocycles. The SMILES string of the molecule is CCc1ccc(OCCNC(=O)c2ccc(CN(c3ccc(Oc4ccccc4)cc3)S(C)(=O)=O)cc2)cc1. The minimum atomic E-state index is -3.56. The first-order valence-electron chi connectivity index (χ1n) is 12.7. The van der Waals surface area contributed by atoms with Crippen molar-refractivity contribution in [1.29, 1.82) is 0 Å². The second-order valence-corrected chi connectivity index (χ2v) is 10.9. The van der Waals surface area contributed by atoms with Crippen LogP contribution in [-0.4, -0.2) is 33.7 Å². The van der Waals surface area contributed by atoms with Gasteiger partial charge in [-0.25, -0.2) is 8.42 Å². The molecule has 0 bridgehead atoms. The van der Waals surface area contributed by atoms with Crippen LogP contribution in [0.1, 0.15) is 28.4 Å². The summed E-state index contributed by atoms with van der Waals surface area (Å²) in [7, 11) is -3.56. The fraction of sp³-hybridized carbons (Fsp3) is 0.194. The molecule has 1 amide bonds. The van der Waals surface area contributed by atoms with E-state index in [9.17, 15) is 13.2 Å². The van der Waals surface area contributed by atoms with Crippen LogP contribution in [0.2, 0.25) is 0 Å². The Morgan fingerprint density at radius 2 is 1.36 bits per heavy atom. The van der Waals surface area contributed by atoms with Gasteiger partial charge in [-0.3, -0.25) is 9.10 Å². The van der Waals surface area contributed by atoms with E-state index >= 15 is 0 Å². The molecule has 0 saturated carbocycles. The maximum Gasteiger partial charge on any atom is 0.251 e. The van der Waals surface area contributed by atoms with E-state index in [1.54, 1.807) is 48.5 Å². The number of sulfonamides is 1. The number of benzene rings is 4. The molecular weight excluding hydrogens is 512 g/mol. The maximum absolute atomic E-state index is 12.6. The Kier molecular flexibility index (Phi) is 9.22. The molecule has 202 valence electrons. The molecule has 0 aliphatic carbocycles. The van der Waals surface area contributed by atoms with Crippen molar-refractivity contribution < 1.29 is 22.7 Å². The summed E-state index contributed by atoms with van der Waals surface area (Å²) in [5.41, 5.74) is 2.99. The summed E-state index contributed by atoms with van der Waals surface area (Å²) in [4.78, 5) is 12.5. The Morgan fingerprint density at radius 3 is 1.97 bits per heavy atom. The number of aryl methyl sites for hydroxylation is 1. The van der Waals surface area contributed by atoms with Gasteiger partial charge in [-0.1, -0.05) is 49.4 Å². The number of hydrogen-bond donors (Lipinski definition) is 1. The quantitative estimate of drug-likeness (QED) is 0.227. The molecule has 0 aliphatic rings. The van der Waals surface area contributed by atoms with E-state index in [0.717, 1.165) is 17.7 Å². The molecule has 0 radical (unpaired) electrons. The van der Waals surface area contributed by atoms with Gasteiger partial charge in [0.2, 0.25) is 10.0 Å². The predicted molar refractivity (Wildman–Crippen MR) is 154 cm³/mol. The number of anilines is 1. The molecular formula is C31H32N2O5S. The Bertz CT molecular complexity index is 1450. The third kappa shape index (κ3) is 8.09. The van der Waals surface area contributed by atoms with Crippen LogP contribution in [0, 0.1) is 0 Å². The highest BCUT2D eigenvalue weighted by molar-refractivity contribution is 7.92. The largest absolute Gasteiger partial charge is 0.492 e. The minimum absolute atomic E-state index is 0.129. The fourth-order valence-corrected chi connectivity index (χ4v) is 4.78. The van der Waals surface area contributed by atoms with Crippen molar-refractivity contribution in [2.45, 2.75) is 19.9 Å². The Labute approximate surface area is 230 Å². The van der Waals surface area contributed by atoms with Gasteiger partial charge >= 0.3 is 0 Å². The second kappa shape index (κ2) is 13.0. The maximum atomic E-state index is 12.6. The van der Waals surface area contributed by atoms with Crippen molar-refractivity contribution in [2.75, 3.05) is 23.7 Å². The highest BCUT2D eigenvalue weighted by Gasteiger charge is 2.18. The number of carbonyl (C=O) groups is 1. The van der Waals surface area contributed by atoms with E-state index in [0.29, 0.717) is 35.9 Å². The molecule has 0 atom stereocenters. The first-order valence-corrected chi connectivity index (χ1v) is 14.6. The van der Waals surface area contributed by atoms with Gasteiger partial charge in [-0.2, -0.15) is 0 Å². The molecule has 7 nitrogen and oxygen atoms in total. The Morgan fingerprint density at radius 1 is 0.769 bits per heavy atom. The number of ether oxygens (including phenoxy) is 2. The zero-order chi connectivity index (χ0) is 27.7. The molecule has 4 aromatic carbocycles. The molecule has 0 fully saturated rings. The smallest absolute Gasteiger partial charge is 0.251 e. The molecule has 39 heavy (non-hydrogen) atoms. The lowest BCUT2D eigenvalue weighted by Gasteiger charge is -2.23. The molecule has 0 spiro atoms. The predicted octanol–water partition coefficient (Wildman–Crippen LogP) is 5.82. The van der Waals surface area contributed by atoms with Crippen LogP contribution < -0.4 is 19.1 Å². The van der Waals surface area contributed by atoms with Crippen molar-refractivity contribution in [3.63, 3.8) is 0 Å². The van der Waals surface area contributed by atoms with Crippen LogP contribution >= 0.6 is 0 Å². The van der Waals surface area contributed by atoms with Crippen LogP contribution in [0.5, 0.6) is 17.2 Å². The molecule has 0 aromatic heterocycles. The molecule has 4 aromatic rings. The van der Waals surface area contributed by atoms with Gasteiger partial charge in [0.25, 0.3) is 5.91 Å². The van der Waals surface area contributed by atoms with E-state index in [2.05, 4.69) is 12.2 Å². The number of amides is 1. The lowest BCUT2D eigenvalue weighted by atomic mass is 10.1. The van der Waals surface area contributed by atoms with Crippen molar-refractivity contribution in [3.8, 4) is 17.2 Å². The van der Waals surface area contributed by atoms with Gasteiger partial charge in [0.05, 0.1) is 25.0 Å². The number of carbonyl (C=O) groups excluding carboxylic acids is 1. The summed E-state index contributed by atoms with van der Waals surface area (Å²) < 4.78 is 38.0. The summed E-state index contributed by atoms with van der Waals surface area (Å²) in [6.45, 7) is 2.95. The fourth-order valence-electron chi connectivity index (χ4n) is 3.89. The zero-order valence-corrected chi connectivity index (χ0v) is 22.9. The van der Waals surface area contributed by atoms with Gasteiger partial charge in [-0.05, 0) is 78.2 Å². The summed E-state index contributed by atoms with van der Waals surface area (Å²) >= 11 is 0. The molecule has 0 aliphatic heterocycles. The normalized spacial score (nSPS) is 11.0. The van der Waals surface area contributed by atoms with E-state index in [1.165, 1.54) is 16.1 Å². The monoisotopic (exact) mass is 544 g/mol. The lowest BCUT2D eigenvalue weighted by Crippen LogP contribution is -2.29. The molecule has 1 N–H and O–H groups in total. The third-order valence-corrected chi connectivity index (χ3v) is 7.17. The van der Waals surface area contributed by atoms with Gasteiger partial charge in [0.15, 0.2) is 0 Å². The number of para-hydroxylation sites is 1. The van der Waals surface area contributed by atoms with Gasteiger partial charge in [-0.15, -0.1) is 0 Å². The molecule has 4 rings (SSSR count). The standard InChI is InChI=1S/C31H32N2O5S/c1-3-24-11-17-28(18-12-24)37-22-21-32-31(34)26-13-9-25(10-14-26)23-33(39(2,35)36)27-15-19-30(20-16-27)38-29-7-5-4-6-8-29/h4-20H,3,21-23H2,1-2H3,(H,32,34). The van der Waals surface area contributed by atoms with Crippen molar-refractivity contribution in [2.24, 2.45) is 0 Å². The van der Waals surface area contributed by atoms with Crippen LogP contribution in [0.15, 0.2) is 103 Å². The Hall–Kier alpha value is -4.30. The first-order chi connectivity index (χ1) is 18.8. The van der Waals surface area contributed by atoms with Crippen molar-refractivity contribution in [3.05, 3.63) is 120 Å². The lowest BCUT2D eigenvalue weighted by molar-refractivity contribution is 0.0947. The molecule has 0 heterocycles. The third-order valence-electron chi connectivity index (χ3n) is 6.03. The summed E-state index contributed by atoms with van der Waals surface area (Å²) in [5.74, 6) is 1.84.